The predicted octanol–water partition coefficient (Wildman–Crippen LogP) is 2.66. The normalized spacial score (nSPS) is 14.0. The third-order valence-corrected chi connectivity index (χ3v) is 5.28. The zero-order valence-electron chi connectivity index (χ0n) is 15.7. The minimum absolute atomic E-state index is 0.269. The lowest BCUT2D eigenvalue weighted by molar-refractivity contribution is 0.102. The van der Waals surface area contributed by atoms with Crippen LogP contribution in [0.1, 0.15) is 10.4 Å². The summed E-state index contributed by atoms with van der Waals surface area (Å²) in [5.74, 6) is 0.753. The molecule has 1 fully saturated rings. The van der Waals surface area contributed by atoms with Gasteiger partial charge in [0.1, 0.15) is 22.9 Å². The van der Waals surface area contributed by atoms with Crippen molar-refractivity contribution in [3.05, 3.63) is 53.4 Å². The summed E-state index contributed by atoms with van der Waals surface area (Å²) in [4.78, 5) is 21.0. The van der Waals surface area contributed by atoms with Crippen molar-refractivity contribution in [1.29, 1.82) is 0 Å². The molecule has 10 heteroatoms. The zero-order chi connectivity index (χ0) is 20.2. The van der Waals surface area contributed by atoms with Gasteiger partial charge in [0.25, 0.3) is 5.91 Å². The lowest BCUT2D eigenvalue weighted by atomic mass is 10.2. The van der Waals surface area contributed by atoms with Crippen molar-refractivity contribution in [2.24, 2.45) is 0 Å². The summed E-state index contributed by atoms with van der Waals surface area (Å²) in [6.07, 6.45) is 1.56. The highest BCUT2D eigenvalue weighted by atomic mass is 32.1. The molecule has 4 rings (SSSR count). The van der Waals surface area contributed by atoms with E-state index in [-0.39, 0.29) is 11.7 Å². The fourth-order valence-electron chi connectivity index (χ4n) is 3.19. The predicted molar refractivity (Wildman–Crippen MR) is 109 cm³/mol. The molecule has 29 heavy (non-hydrogen) atoms. The fourth-order valence-corrected chi connectivity index (χ4v) is 3.63. The number of hydrogen-bond donors (Lipinski definition) is 1. The second-order valence-electron chi connectivity index (χ2n) is 6.39. The van der Waals surface area contributed by atoms with E-state index in [0.717, 1.165) is 37.7 Å². The molecule has 0 unspecified atom stereocenters. The SMILES string of the molecule is COc1cc(F)ccc1N1CCN(c2ccc(C(=O)Nc3nncs3)cn2)CC1. The van der Waals surface area contributed by atoms with Gasteiger partial charge in [0.05, 0.1) is 18.4 Å². The standard InChI is InChI=1S/C19H19FN6O2S/c1-28-16-10-14(20)3-4-15(16)25-6-8-26(9-7-25)17-5-2-13(11-21-17)18(27)23-19-24-22-12-29-19/h2-5,10-12H,6-9H2,1H3,(H,23,24,27). The Morgan fingerprint density at radius 1 is 1.17 bits per heavy atom. The Kier molecular flexibility index (Phi) is 5.52. The number of nitrogens with zero attached hydrogens (tertiary/aromatic N) is 5. The Balaban J connectivity index is 1.38. The van der Waals surface area contributed by atoms with Crippen LogP contribution in [0.15, 0.2) is 42.0 Å². The highest BCUT2D eigenvalue weighted by Gasteiger charge is 2.21. The second-order valence-corrected chi connectivity index (χ2v) is 7.23. The Morgan fingerprint density at radius 2 is 1.97 bits per heavy atom. The van der Waals surface area contributed by atoms with Crippen molar-refractivity contribution in [3.8, 4) is 5.75 Å². The largest absolute Gasteiger partial charge is 0.494 e. The van der Waals surface area contributed by atoms with Crippen molar-refractivity contribution < 1.29 is 13.9 Å². The van der Waals surface area contributed by atoms with Crippen molar-refractivity contribution >= 4 is 33.9 Å². The Hall–Kier alpha value is -3.27. The first-order valence-electron chi connectivity index (χ1n) is 9.01. The average molecular weight is 414 g/mol. The number of amides is 1. The van der Waals surface area contributed by atoms with E-state index in [1.54, 1.807) is 30.9 Å². The highest BCUT2D eigenvalue weighted by molar-refractivity contribution is 7.13. The van der Waals surface area contributed by atoms with Gasteiger partial charge in [-0.3, -0.25) is 10.1 Å². The molecule has 0 bridgehead atoms. The number of ether oxygens (including phenoxy) is 1. The molecule has 0 radical (unpaired) electrons. The van der Waals surface area contributed by atoms with Gasteiger partial charge < -0.3 is 14.5 Å². The summed E-state index contributed by atoms with van der Waals surface area (Å²) in [6.45, 7) is 3.01. The van der Waals surface area contributed by atoms with Crippen LogP contribution in [0.4, 0.5) is 21.0 Å². The molecule has 1 aliphatic heterocycles. The van der Waals surface area contributed by atoms with E-state index >= 15 is 0 Å². The van der Waals surface area contributed by atoms with Gasteiger partial charge >= 0.3 is 0 Å². The van der Waals surface area contributed by atoms with Gasteiger partial charge in [0, 0.05) is 38.4 Å². The first-order chi connectivity index (χ1) is 14.1. The van der Waals surface area contributed by atoms with E-state index in [4.69, 9.17) is 4.74 Å². The zero-order valence-corrected chi connectivity index (χ0v) is 16.5. The average Bonchev–Trinajstić information content (AvgIpc) is 3.27. The lowest BCUT2D eigenvalue weighted by Crippen LogP contribution is -2.47. The molecule has 8 nitrogen and oxygen atoms in total. The van der Waals surface area contributed by atoms with Crippen LogP contribution in [0.5, 0.6) is 5.75 Å². The van der Waals surface area contributed by atoms with Crippen LogP contribution in [0.25, 0.3) is 0 Å². The van der Waals surface area contributed by atoms with Gasteiger partial charge in [-0.05, 0) is 24.3 Å². The molecule has 0 atom stereocenters. The molecular formula is C19H19FN6O2S. The van der Waals surface area contributed by atoms with Crippen LogP contribution < -0.4 is 19.9 Å². The van der Waals surface area contributed by atoms with Gasteiger partial charge in [-0.1, -0.05) is 11.3 Å². The van der Waals surface area contributed by atoms with Crippen molar-refractivity contribution in [2.45, 2.75) is 0 Å². The smallest absolute Gasteiger partial charge is 0.259 e. The molecule has 3 heterocycles. The number of halogens is 1. The summed E-state index contributed by atoms with van der Waals surface area (Å²) in [5.41, 5.74) is 2.89. The van der Waals surface area contributed by atoms with E-state index in [9.17, 15) is 9.18 Å². The molecule has 1 aromatic carbocycles. The number of carbonyl (C=O) groups is 1. The van der Waals surface area contributed by atoms with Crippen LogP contribution >= 0.6 is 11.3 Å². The van der Waals surface area contributed by atoms with E-state index in [1.165, 1.54) is 23.5 Å². The number of methoxy groups -OCH3 is 1. The Morgan fingerprint density at radius 3 is 2.62 bits per heavy atom. The van der Waals surface area contributed by atoms with Gasteiger partial charge in [0.15, 0.2) is 0 Å². The number of benzene rings is 1. The van der Waals surface area contributed by atoms with Crippen molar-refractivity contribution in [3.63, 3.8) is 0 Å². The molecule has 1 amide bonds. The number of aromatic nitrogens is 3. The van der Waals surface area contributed by atoms with Crippen molar-refractivity contribution in [1.82, 2.24) is 15.2 Å². The molecule has 2 aromatic heterocycles. The van der Waals surface area contributed by atoms with Crippen LogP contribution in [0.3, 0.4) is 0 Å². The number of carbonyl (C=O) groups excluding carboxylic acids is 1. The van der Waals surface area contributed by atoms with Gasteiger partial charge in [-0.2, -0.15) is 0 Å². The third kappa shape index (κ3) is 4.27. The van der Waals surface area contributed by atoms with Gasteiger partial charge in [0.2, 0.25) is 5.13 Å². The van der Waals surface area contributed by atoms with E-state index in [1.807, 2.05) is 6.07 Å². The second kappa shape index (κ2) is 8.39. The topological polar surface area (TPSA) is 83.5 Å². The van der Waals surface area contributed by atoms with Crippen LogP contribution in [0, 0.1) is 5.82 Å². The summed E-state index contributed by atoms with van der Waals surface area (Å²) < 4.78 is 18.7. The monoisotopic (exact) mass is 414 g/mol. The van der Waals surface area contributed by atoms with Crippen molar-refractivity contribution in [2.75, 3.05) is 48.4 Å². The Labute approximate surface area is 171 Å². The van der Waals surface area contributed by atoms with Gasteiger partial charge in [-0.25, -0.2) is 9.37 Å². The molecule has 0 saturated carbocycles. The van der Waals surface area contributed by atoms with Crippen LogP contribution in [-0.4, -0.2) is 54.4 Å². The molecule has 0 spiro atoms. The fraction of sp³-hybridized carbons (Fsp3) is 0.263. The molecule has 150 valence electrons. The summed E-state index contributed by atoms with van der Waals surface area (Å²) in [7, 11) is 1.54. The molecule has 1 saturated heterocycles. The minimum Gasteiger partial charge on any atom is -0.494 e. The molecule has 3 aromatic rings. The number of rotatable bonds is 5. The highest BCUT2D eigenvalue weighted by Crippen LogP contribution is 2.30. The quantitative estimate of drug-likeness (QED) is 0.687. The van der Waals surface area contributed by atoms with Crippen LogP contribution in [-0.2, 0) is 0 Å². The van der Waals surface area contributed by atoms with Gasteiger partial charge in [-0.15, -0.1) is 10.2 Å². The number of pyridine rings is 1. The third-order valence-electron chi connectivity index (χ3n) is 4.68. The molecular weight excluding hydrogens is 395 g/mol. The molecule has 0 aliphatic carbocycles. The number of hydrogen-bond acceptors (Lipinski definition) is 8. The summed E-state index contributed by atoms with van der Waals surface area (Å²) >= 11 is 1.26. The lowest BCUT2D eigenvalue weighted by Gasteiger charge is -2.37. The first kappa shape index (κ1) is 19.1. The minimum atomic E-state index is -0.316. The number of piperazine rings is 1. The maximum atomic E-state index is 13.4. The Bertz CT molecular complexity index is 975. The maximum absolute atomic E-state index is 13.4. The van der Waals surface area contributed by atoms with E-state index < -0.39 is 0 Å². The number of anilines is 3. The first-order valence-corrected chi connectivity index (χ1v) is 9.89. The van der Waals surface area contributed by atoms with Crippen LogP contribution in [0.2, 0.25) is 0 Å². The summed E-state index contributed by atoms with van der Waals surface area (Å²) in [5, 5.41) is 10.6. The van der Waals surface area contributed by atoms with E-state index in [2.05, 4.69) is 30.3 Å². The maximum Gasteiger partial charge on any atom is 0.259 e. The summed E-state index contributed by atoms with van der Waals surface area (Å²) in [6, 6.07) is 8.16. The molecule has 1 aliphatic rings. The number of nitrogens with one attached hydrogen (secondary N) is 1. The molecule has 1 N–H and O–H groups in total. The van der Waals surface area contributed by atoms with E-state index in [0.29, 0.717) is 16.4 Å².